The summed E-state index contributed by atoms with van der Waals surface area (Å²) in [5.41, 5.74) is 2.36. The lowest BCUT2D eigenvalue weighted by Gasteiger charge is -2.21. The van der Waals surface area contributed by atoms with Crippen molar-refractivity contribution in [3.8, 4) is 0 Å². The molecular formula is C15H18N2O2S. The third kappa shape index (κ3) is 2.98. The number of hydrogen-bond acceptors (Lipinski definition) is 3. The fraction of sp³-hybridized carbons (Fsp3) is 0.467. The molecule has 1 saturated heterocycles. The molecule has 0 saturated carbocycles. The average Bonchev–Trinajstić information content (AvgIpc) is 2.85. The highest BCUT2D eigenvalue weighted by Crippen LogP contribution is 2.24. The lowest BCUT2D eigenvalue weighted by molar-refractivity contribution is -0.115. The van der Waals surface area contributed by atoms with Crippen LogP contribution in [-0.2, 0) is 11.2 Å². The molecule has 0 aliphatic carbocycles. The summed E-state index contributed by atoms with van der Waals surface area (Å²) in [6.45, 7) is 0.753. The van der Waals surface area contributed by atoms with E-state index in [1.165, 1.54) is 24.3 Å². The molecule has 0 aromatic heterocycles. The van der Waals surface area contributed by atoms with Crippen LogP contribution in [0, 0.1) is 5.92 Å². The van der Waals surface area contributed by atoms with Crippen molar-refractivity contribution < 1.29 is 9.59 Å². The number of fused-ring (bicyclic) bond motifs is 1. The maximum atomic E-state index is 12.1. The number of anilines is 1. The van der Waals surface area contributed by atoms with Crippen molar-refractivity contribution in [2.24, 2.45) is 5.92 Å². The van der Waals surface area contributed by atoms with Gasteiger partial charge in [-0.2, -0.15) is 11.8 Å². The van der Waals surface area contributed by atoms with E-state index in [2.05, 4.69) is 10.6 Å². The summed E-state index contributed by atoms with van der Waals surface area (Å²) in [7, 11) is 0. The Hall–Kier alpha value is -1.49. The van der Waals surface area contributed by atoms with Crippen LogP contribution in [0.25, 0.3) is 0 Å². The third-order valence-corrected chi connectivity index (χ3v) is 4.94. The second kappa shape index (κ2) is 5.87. The minimum Gasteiger partial charge on any atom is -0.352 e. The topological polar surface area (TPSA) is 58.2 Å². The number of nitrogens with one attached hydrogen (secondary N) is 2. The Morgan fingerprint density at radius 1 is 1.35 bits per heavy atom. The standard InChI is InChI=1S/C15H18N2O2S/c18-14-8-11-1-2-12(7-13(11)17-14)15(19)16-9-10-3-5-20-6-4-10/h1-2,7,10H,3-6,8-9H2,(H,16,19)(H,17,18). The summed E-state index contributed by atoms with van der Waals surface area (Å²) >= 11 is 1.99. The number of hydrogen-bond donors (Lipinski definition) is 2. The fourth-order valence-electron chi connectivity index (χ4n) is 2.65. The zero-order valence-electron chi connectivity index (χ0n) is 11.3. The molecule has 4 nitrogen and oxygen atoms in total. The predicted molar refractivity (Wildman–Crippen MR) is 81.2 cm³/mol. The van der Waals surface area contributed by atoms with Gasteiger partial charge in [-0.25, -0.2) is 0 Å². The molecule has 2 N–H and O–H groups in total. The minimum absolute atomic E-state index is 0.00253. The molecule has 106 valence electrons. The van der Waals surface area contributed by atoms with Crippen LogP contribution >= 0.6 is 11.8 Å². The van der Waals surface area contributed by atoms with E-state index in [0.717, 1.165) is 17.8 Å². The van der Waals surface area contributed by atoms with Crippen LogP contribution < -0.4 is 10.6 Å². The van der Waals surface area contributed by atoms with Gasteiger partial charge in [0.05, 0.1) is 6.42 Å². The number of benzene rings is 1. The Kier molecular flexibility index (Phi) is 3.96. The van der Waals surface area contributed by atoms with E-state index in [0.29, 0.717) is 17.9 Å². The highest BCUT2D eigenvalue weighted by atomic mass is 32.2. The lowest BCUT2D eigenvalue weighted by Crippen LogP contribution is -2.31. The monoisotopic (exact) mass is 290 g/mol. The van der Waals surface area contributed by atoms with E-state index in [1.54, 1.807) is 12.1 Å². The number of carbonyl (C=O) groups excluding carboxylic acids is 2. The van der Waals surface area contributed by atoms with Crippen LogP contribution in [0.4, 0.5) is 5.69 Å². The summed E-state index contributed by atoms with van der Waals surface area (Å²) in [5, 5.41) is 5.79. The summed E-state index contributed by atoms with van der Waals surface area (Å²) in [6.07, 6.45) is 2.79. The number of carbonyl (C=O) groups is 2. The Morgan fingerprint density at radius 2 is 2.15 bits per heavy atom. The first-order valence-electron chi connectivity index (χ1n) is 7.01. The molecule has 20 heavy (non-hydrogen) atoms. The number of thioether (sulfide) groups is 1. The van der Waals surface area contributed by atoms with E-state index in [4.69, 9.17) is 0 Å². The van der Waals surface area contributed by atoms with Gasteiger partial charge in [0, 0.05) is 17.8 Å². The quantitative estimate of drug-likeness (QED) is 0.896. The van der Waals surface area contributed by atoms with Gasteiger partial charge in [0.1, 0.15) is 0 Å². The molecule has 0 unspecified atom stereocenters. The molecule has 0 atom stereocenters. The first-order chi connectivity index (χ1) is 9.72. The van der Waals surface area contributed by atoms with Crippen LogP contribution in [-0.4, -0.2) is 29.9 Å². The van der Waals surface area contributed by atoms with Crippen molar-refractivity contribution in [2.75, 3.05) is 23.4 Å². The van der Waals surface area contributed by atoms with Crippen molar-refractivity contribution >= 4 is 29.3 Å². The predicted octanol–water partition coefficient (Wildman–Crippen LogP) is 2.05. The van der Waals surface area contributed by atoms with Crippen LogP contribution in [0.1, 0.15) is 28.8 Å². The zero-order chi connectivity index (χ0) is 13.9. The van der Waals surface area contributed by atoms with Crippen molar-refractivity contribution in [3.05, 3.63) is 29.3 Å². The summed E-state index contributed by atoms with van der Waals surface area (Å²) < 4.78 is 0. The van der Waals surface area contributed by atoms with E-state index in [-0.39, 0.29) is 11.8 Å². The van der Waals surface area contributed by atoms with E-state index in [9.17, 15) is 9.59 Å². The molecule has 2 aliphatic heterocycles. The van der Waals surface area contributed by atoms with Gasteiger partial charge in [-0.3, -0.25) is 9.59 Å². The van der Waals surface area contributed by atoms with Gasteiger partial charge in [0.2, 0.25) is 5.91 Å². The van der Waals surface area contributed by atoms with Crippen LogP contribution in [0.5, 0.6) is 0 Å². The molecule has 0 bridgehead atoms. The van der Waals surface area contributed by atoms with Gasteiger partial charge >= 0.3 is 0 Å². The largest absolute Gasteiger partial charge is 0.352 e. The molecule has 2 amide bonds. The Morgan fingerprint density at radius 3 is 2.95 bits per heavy atom. The van der Waals surface area contributed by atoms with Crippen molar-refractivity contribution in [1.82, 2.24) is 5.32 Å². The SMILES string of the molecule is O=C1Cc2ccc(C(=O)NCC3CCSCC3)cc2N1. The normalized spacial score (nSPS) is 18.5. The second-order valence-electron chi connectivity index (χ2n) is 5.36. The lowest BCUT2D eigenvalue weighted by atomic mass is 10.0. The highest BCUT2D eigenvalue weighted by molar-refractivity contribution is 7.99. The highest BCUT2D eigenvalue weighted by Gasteiger charge is 2.20. The number of rotatable bonds is 3. The summed E-state index contributed by atoms with van der Waals surface area (Å²) in [4.78, 5) is 23.4. The summed E-state index contributed by atoms with van der Waals surface area (Å²) in [6, 6.07) is 5.43. The molecular weight excluding hydrogens is 272 g/mol. The van der Waals surface area contributed by atoms with Gasteiger partial charge in [0.25, 0.3) is 5.91 Å². The van der Waals surface area contributed by atoms with Crippen LogP contribution in [0.15, 0.2) is 18.2 Å². The van der Waals surface area contributed by atoms with Crippen molar-refractivity contribution in [2.45, 2.75) is 19.3 Å². The van der Waals surface area contributed by atoms with Crippen molar-refractivity contribution in [1.29, 1.82) is 0 Å². The molecule has 1 fully saturated rings. The van der Waals surface area contributed by atoms with Gasteiger partial charge in [-0.1, -0.05) is 6.07 Å². The van der Waals surface area contributed by atoms with Gasteiger partial charge < -0.3 is 10.6 Å². The van der Waals surface area contributed by atoms with Crippen LogP contribution in [0.3, 0.4) is 0 Å². The molecule has 0 radical (unpaired) electrons. The molecule has 1 aromatic carbocycles. The molecule has 2 heterocycles. The zero-order valence-corrected chi connectivity index (χ0v) is 12.1. The van der Waals surface area contributed by atoms with Crippen molar-refractivity contribution in [3.63, 3.8) is 0 Å². The maximum absolute atomic E-state index is 12.1. The minimum atomic E-state index is -0.0489. The first-order valence-corrected chi connectivity index (χ1v) is 8.16. The Balaban J connectivity index is 1.60. The smallest absolute Gasteiger partial charge is 0.251 e. The van der Waals surface area contributed by atoms with Gasteiger partial charge in [-0.05, 0) is 48.0 Å². The van der Waals surface area contributed by atoms with E-state index in [1.807, 2.05) is 17.8 Å². The average molecular weight is 290 g/mol. The molecule has 3 rings (SSSR count). The molecule has 0 spiro atoms. The van der Waals surface area contributed by atoms with Crippen LogP contribution in [0.2, 0.25) is 0 Å². The Bertz CT molecular complexity index is 539. The van der Waals surface area contributed by atoms with Gasteiger partial charge in [0.15, 0.2) is 0 Å². The fourth-order valence-corrected chi connectivity index (χ4v) is 3.85. The van der Waals surface area contributed by atoms with Gasteiger partial charge in [-0.15, -0.1) is 0 Å². The Labute approximate surface area is 122 Å². The molecule has 2 aliphatic rings. The number of amides is 2. The molecule has 5 heteroatoms. The first kappa shape index (κ1) is 13.5. The maximum Gasteiger partial charge on any atom is 0.251 e. The summed E-state index contributed by atoms with van der Waals surface area (Å²) in [5.74, 6) is 2.95. The molecule has 1 aromatic rings. The van der Waals surface area contributed by atoms with E-state index < -0.39 is 0 Å². The third-order valence-electron chi connectivity index (χ3n) is 3.89. The van der Waals surface area contributed by atoms with E-state index >= 15 is 0 Å². The second-order valence-corrected chi connectivity index (χ2v) is 6.59.